The second kappa shape index (κ2) is 7.23. The van der Waals surface area contributed by atoms with Gasteiger partial charge >= 0.3 is 0 Å². The van der Waals surface area contributed by atoms with Crippen LogP contribution >= 0.6 is 0 Å². The van der Waals surface area contributed by atoms with Gasteiger partial charge in [0, 0.05) is 11.6 Å². The van der Waals surface area contributed by atoms with Crippen LogP contribution in [0.1, 0.15) is 49.9 Å². The van der Waals surface area contributed by atoms with Crippen molar-refractivity contribution in [3.8, 4) is 0 Å². The summed E-state index contributed by atoms with van der Waals surface area (Å²) in [7, 11) is -3.80. The molecule has 1 aromatic rings. The van der Waals surface area contributed by atoms with E-state index < -0.39 is 16.1 Å². The molecule has 0 aliphatic heterocycles. The summed E-state index contributed by atoms with van der Waals surface area (Å²) in [6.07, 6.45) is 4.07. The molecule has 1 saturated carbocycles. The Labute approximate surface area is 136 Å². The van der Waals surface area contributed by atoms with E-state index in [-0.39, 0.29) is 22.6 Å². The normalized spacial score (nSPS) is 17.0. The molecule has 0 spiro atoms. The third-order valence-corrected chi connectivity index (χ3v) is 5.55. The van der Waals surface area contributed by atoms with Gasteiger partial charge in [0.15, 0.2) is 5.78 Å². The molecule has 6 nitrogen and oxygen atoms in total. The predicted molar refractivity (Wildman–Crippen MR) is 86.6 cm³/mol. The number of sulfonamides is 1. The summed E-state index contributed by atoms with van der Waals surface area (Å²) in [4.78, 5) is 23.3. The summed E-state index contributed by atoms with van der Waals surface area (Å²) in [6.45, 7) is 2.93. The molecule has 1 aromatic carbocycles. The molecule has 0 saturated heterocycles. The molecule has 0 unspecified atom stereocenters. The highest BCUT2D eigenvalue weighted by atomic mass is 32.2. The van der Waals surface area contributed by atoms with Gasteiger partial charge in [-0.1, -0.05) is 25.0 Å². The van der Waals surface area contributed by atoms with Crippen molar-refractivity contribution in [3.05, 3.63) is 29.8 Å². The number of rotatable bonds is 6. The Hall–Kier alpha value is -1.73. The first-order valence-electron chi connectivity index (χ1n) is 7.73. The number of carbonyl (C=O) groups excluding carboxylic acids is 2. The summed E-state index contributed by atoms with van der Waals surface area (Å²) in [5.41, 5.74) is 0.441. The van der Waals surface area contributed by atoms with Gasteiger partial charge in [-0.3, -0.25) is 9.59 Å². The van der Waals surface area contributed by atoms with Crippen LogP contribution in [-0.2, 0) is 14.8 Å². The van der Waals surface area contributed by atoms with E-state index in [0.29, 0.717) is 5.56 Å². The molecule has 1 aliphatic carbocycles. The number of hydrogen-bond acceptors (Lipinski definition) is 4. The zero-order valence-electron chi connectivity index (χ0n) is 13.3. The molecule has 0 heterocycles. The van der Waals surface area contributed by atoms with Gasteiger partial charge in [0.1, 0.15) is 0 Å². The molecule has 126 valence electrons. The van der Waals surface area contributed by atoms with Gasteiger partial charge in [-0.25, -0.2) is 8.42 Å². The molecule has 2 rings (SSSR count). The molecule has 1 amide bonds. The van der Waals surface area contributed by atoms with Crippen LogP contribution in [0.2, 0.25) is 0 Å². The quantitative estimate of drug-likeness (QED) is 0.771. The second-order valence-corrected chi connectivity index (χ2v) is 7.63. The number of carbonyl (C=O) groups is 2. The Morgan fingerprint density at radius 3 is 2.22 bits per heavy atom. The first kappa shape index (κ1) is 17.6. The molecule has 7 heteroatoms. The van der Waals surface area contributed by atoms with Crippen LogP contribution in [0.4, 0.5) is 0 Å². The van der Waals surface area contributed by atoms with Crippen LogP contribution < -0.4 is 10.0 Å². The van der Waals surface area contributed by atoms with Crippen LogP contribution in [0.15, 0.2) is 29.2 Å². The Morgan fingerprint density at radius 2 is 1.70 bits per heavy atom. The first-order valence-corrected chi connectivity index (χ1v) is 9.21. The van der Waals surface area contributed by atoms with Crippen molar-refractivity contribution in [2.45, 2.75) is 56.5 Å². The van der Waals surface area contributed by atoms with E-state index in [1.54, 1.807) is 0 Å². The van der Waals surface area contributed by atoms with Crippen molar-refractivity contribution in [1.82, 2.24) is 10.0 Å². The van der Waals surface area contributed by atoms with Crippen molar-refractivity contribution >= 4 is 21.7 Å². The molecule has 0 aromatic heterocycles. The van der Waals surface area contributed by atoms with Gasteiger partial charge in [0.2, 0.25) is 15.9 Å². The Balaban J connectivity index is 2.01. The Morgan fingerprint density at radius 1 is 1.13 bits per heavy atom. The third-order valence-electron chi connectivity index (χ3n) is 4.00. The maximum absolute atomic E-state index is 12.3. The fourth-order valence-corrected chi connectivity index (χ4v) is 3.82. The van der Waals surface area contributed by atoms with Gasteiger partial charge in [-0.2, -0.15) is 4.72 Å². The fraction of sp³-hybridized carbons (Fsp3) is 0.500. The summed E-state index contributed by atoms with van der Waals surface area (Å²) in [5.74, 6) is -0.452. The molecule has 2 N–H and O–H groups in total. The number of hydrogen-bond donors (Lipinski definition) is 2. The highest BCUT2D eigenvalue weighted by Crippen LogP contribution is 2.18. The smallest absolute Gasteiger partial charge is 0.241 e. The maximum atomic E-state index is 12.3. The zero-order valence-corrected chi connectivity index (χ0v) is 14.2. The van der Waals surface area contributed by atoms with Crippen LogP contribution in [0.5, 0.6) is 0 Å². The molecule has 0 radical (unpaired) electrons. The summed E-state index contributed by atoms with van der Waals surface area (Å²) in [5, 5.41) is 2.87. The average molecular weight is 338 g/mol. The lowest BCUT2D eigenvalue weighted by atomic mass is 10.2. The van der Waals surface area contributed by atoms with E-state index >= 15 is 0 Å². The minimum absolute atomic E-state index is 0.0306. The van der Waals surface area contributed by atoms with Crippen LogP contribution in [0, 0.1) is 0 Å². The lowest BCUT2D eigenvalue weighted by molar-refractivity contribution is -0.123. The number of benzene rings is 1. The average Bonchev–Trinajstić information content (AvgIpc) is 2.99. The molecule has 1 fully saturated rings. The molecular formula is C16H22N2O4S. The third kappa shape index (κ3) is 4.62. The zero-order chi connectivity index (χ0) is 17.0. The van der Waals surface area contributed by atoms with Crippen molar-refractivity contribution in [2.24, 2.45) is 0 Å². The van der Waals surface area contributed by atoms with E-state index in [0.717, 1.165) is 25.7 Å². The second-order valence-electron chi connectivity index (χ2n) is 5.91. The summed E-state index contributed by atoms with van der Waals surface area (Å²) >= 11 is 0. The largest absolute Gasteiger partial charge is 0.352 e. The number of Topliss-reactive ketones (excluding diaryl/α,β-unsaturated/α-hetero) is 1. The van der Waals surface area contributed by atoms with E-state index in [1.165, 1.54) is 38.1 Å². The predicted octanol–water partition coefficient (Wildman–Crippen LogP) is 1.61. The minimum atomic E-state index is -3.80. The van der Waals surface area contributed by atoms with E-state index in [4.69, 9.17) is 0 Å². The molecule has 23 heavy (non-hydrogen) atoms. The molecule has 0 bridgehead atoms. The van der Waals surface area contributed by atoms with Gasteiger partial charge < -0.3 is 5.32 Å². The SMILES string of the molecule is CC(=O)c1ccc(S(=O)(=O)N[C@@H](C)C(=O)NC2CCCC2)cc1. The van der Waals surface area contributed by atoms with Crippen molar-refractivity contribution in [2.75, 3.05) is 0 Å². The fourth-order valence-electron chi connectivity index (χ4n) is 2.62. The van der Waals surface area contributed by atoms with Crippen molar-refractivity contribution in [3.63, 3.8) is 0 Å². The topological polar surface area (TPSA) is 92.3 Å². The van der Waals surface area contributed by atoms with Gasteiger partial charge in [0.05, 0.1) is 10.9 Å². The first-order chi connectivity index (χ1) is 10.8. The van der Waals surface area contributed by atoms with Crippen molar-refractivity contribution in [1.29, 1.82) is 0 Å². The Bertz CT molecular complexity index is 677. The summed E-state index contributed by atoms with van der Waals surface area (Å²) < 4.78 is 26.9. The molecule has 1 aliphatic rings. The number of amides is 1. The molecule has 1 atom stereocenters. The minimum Gasteiger partial charge on any atom is -0.352 e. The van der Waals surface area contributed by atoms with E-state index in [9.17, 15) is 18.0 Å². The van der Waals surface area contributed by atoms with Gasteiger partial charge in [-0.05, 0) is 38.8 Å². The van der Waals surface area contributed by atoms with Crippen LogP contribution in [0.25, 0.3) is 0 Å². The maximum Gasteiger partial charge on any atom is 0.241 e. The highest BCUT2D eigenvalue weighted by Gasteiger charge is 2.25. The number of ketones is 1. The van der Waals surface area contributed by atoms with E-state index in [1.807, 2.05) is 0 Å². The monoisotopic (exact) mass is 338 g/mol. The van der Waals surface area contributed by atoms with Crippen LogP contribution in [-0.4, -0.2) is 32.2 Å². The standard InChI is InChI=1S/C16H22N2O4S/c1-11(16(20)17-14-5-3-4-6-14)18-23(21,22)15-9-7-13(8-10-15)12(2)19/h7-11,14,18H,3-6H2,1-2H3,(H,17,20)/t11-/m0/s1. The van der Waals surface area contributed by atoms with Crippen LogP contribution in [0.3, 0.4) is 0 Å². The molecular weight excluding hydrogens is 316 g/mol. The van der Waals surface area contributed by atoms with Crippen molar-refractivity contribution < 1.29 is 18.0 Å². The van der Waals surface area contributed by atoms with Gasteiger partial charge in [0.25, 0.3) is 0 Å². The summed E-state index contributed by atoms with van der Waals surface area (Å²) in [6, 6.07) is 4.93. The number of nitrogens with one attached hydrogen (secondary N) is 2. The lowest BCUT2D eigenvalue weighted by Gasteiger charge is -2.18. The Kier molecular flexibility index (Phi) is 5.54. The lowest BCUT2D eigenvalue weighted by Crippen LogP contribution is -2.47. The van der Waals surface area contributed by atoms with E-state index in [2.05, 4.69) is 10.0 Å². The van der Waals surface area contributed by atoms with Gasteiger partial charge in [-0.15, -0.1) is 0 Å². The highest BCUT2D eigenvalue weighted by molar-refractivity contribution is 7.89.